The number of rotatable bonds is 9. The smallest absolute Gasteiger partial charge is 0.325 e. The van der Waals surface area contributed by atoms with Gasteiger partial charge in [-0.1, -0.05) is 73.2 Å². The predicted octanol–water partition coefficient (Wildman–Crippen LogP) is 5.23. The van der Waals surface area contributed by atoms with E-state index in [1.807, 2.05) is 30.3 Å². The Kier molecular flexibility index (Phi) is 7.58. The van der Waals surface area contributed by atoms with Crippen molar-refractivity contribution in [1.29, 1.82) is 0 Å². The zero-order valence-corrected chi connectivity index (χ0v) is 16.2. The van der Waals surface area contributed by atoms with Gasteiger partial charge in [-0.15, -0.1) is 0 Å². The van der Waals surface area contributed by atoms with Crippen LogP contribution in [-0.2, 0) is 16.0 Å². The van der Waals surface area contributed by atoms with Crippen LogP contribution in [0.1, 0.15) is 24.8 Å². The van der Waals surface area contributed by atoms with Crippen LogP contribution in [0.2, 0.25) is 0 Å². The highest BCUT2D eigenvalue weighted by Gasteiger charge is 2.30. The molecule has 0 bridgehead atoms. The monoisotopic (exact) mass is 388 g/mol. The minimum Gasteiger partial charge on any atom is -0.426 e. The van der Waals surface area contributed by atoms with Crippen LogP contribution in [0.3, 0.4) is 0 Å². The molecule has 0 amide bonds. The molecule has 0 aliphatic heterocycles. The van der Waals surface area contributed by atoms with E-state index in [2.05, 4.69) is 12.1 Å². The van der Waals surface area contributed by atoms with Crippen molar-refractivity contribution in [3.05, 3.63) is 96.6 Å². The molecule has 4 heteroatoms. The van der Waals surface area contributed by atoms with Gasteiger partial charge >= 0.3 is 11.9 Å². The van der Waals surface area contributed by atoms with Crippen LogP contribution in [0, 0.1) is 5.92 Å². The Morgan fingerprint density at radius 1 is 0.621 bits per heavy atom. The van der Waals surface area contributed by atoms with Crippen LogP contribution >= 0.6 is 0 Å². The second-order valence-electron chi connectivity index (χ2n) is 6.75. The molecule has 0 N–H and O–H groups in total. The fourth-order valence-electron chi connectivity index (χ4n) is 3.01. The summed E-state index contributed by atoms with van der Waals surface area (Å²) in [6, 6.07) is 27.7. The van der Waals surface area contributed by atoms with Gasteiger partial charge in [-0.3, -0.25) is 9.59 Å². The SMILES string of the molecule is O=C(Oc1ccccc1)C(CCCCc1ccccc1)C(=O)Oc1ccccc1. The molecular weight excluding hydrogens is 364 g/mol. The van der Waals surface area contributed by atoms with Crippen LogP contribution in [0.25, 0.3) is 0 Å². The molecule has 0 saturated carbocycles. The third kappa shape index (κ3) is 6.61. The number of hydrogen-bond acceptors (Lipinski definition) is 4. The molecule has 0 saturated heterocycles. The molecule has 148 valence electrons. The Bertz CT molecular complexity index is 838. The van der Waals surface area contributed by atoms with Gasteiger partial charge in [0.25, 0.3) is 0 Å². The van der Waals surface area contributed by atoms with E-state index in [-0.39, 0.29) is 0 Å². The molecule has 3 aromatic carbocycles. The van der Waals surface area contributed by atoms with Crippen LogP contribution in [0.4, 0.5) is 0 Å². The van der Waals surface area contributed by atoms with Crippen molar-refractivity contribution < 1.29 is 19.1 Å². The summed E-state index contributed by atoms with van der Waals surface area (Å²) in [5, 5.41) is 0. The Labute approximate surface area is 171 Å². The summed E-state index contributed by atoms with van der Waals surface area (Å²) in [5.74, 6) is -1.31. The maximum absolute atomic E-state index is 12.7. The van der Waals surface area contributed by atoms with Crippen LogP contribution < -0.4 is 9.47 Å². The number of ether oxygens (including phenoxy) is 2. The van der Waals surface area contributed by atoms with E-state index in [1.54, 1.807) is 48.5 Å². The molecule has 0 heterocycles. The van der Waals surface area contributed by atoms with Crippen molar-refractivity contribution in [2.24, 2.45) is 5.92 Å². The van der Waals surface area contributed by atoms with E-state index in [0.717, 1.165) is 12.8 Å². The van der Waals surface area contributed by atoms with Gasteiger partial charge in [-0.2, -0.15) is 0 Å². The van der Waals surface area contributed by atoms with E-state index in [4.69, 9.17) is 9.47 Å². The number of carbonyl (C=O) groups excluding carboxylic acids is 2. The Balaban J connectivity index is 1.61. The number of carbonyl (C=O) groups is 2. The first-order valence-electron chi connectivity index (χ1n) is 9.80. The molecule has 29 heavy (non-hydrogen) atoms. The third-order valence-electron chi connectivity index (χ3n) is 4.54. The minimum absolute atomic E-state index is 0.379. The Hall–Kier alpha value is -3.40. The van der Waals surface area contributed by atoms with Crippen molar-refractivity contribution in [3.63, 3.8) is 0 Å². The highest BCUT2D eigenvalue weighted by Crippen LogP contribution is 2.19. The second kappa shape index (κ2) is 10.8. The van der Waals surface area contributed by atoms with Gasteiger partial charge in [0.05, 0.1) is 0 Å². The number of benzene rings is 3. The average Bonchev–Trinajstić information content (AvgIpc) is 2.75. The minimum atomic E-state index is -0.966. The van der Waals surface area contributed by atoms with Crippen molar-refractivity contribution in [3.8, 4) is 11.5 Å². The van der Waals surface area contributed by atoms with Crippen molar-refractivity contribution in [2.45, 2.75) is 25.7 Å². The molecular formula is C25H24O4. The van der Waals surface area contributed by atoms with Gasteiger partial charge in [0.15, 0.2) is 5.92 Å². The largest absolute Gasteiger partial charge is 0.426 e. The summed E-state index contributed by atoms with van der Waals surface area (Å²) >= 11 is 0. The molecule has 0 aliphatic rings. The second-order valence-corrected chi connectivity index (χ2v) is 6.75. The topological polar surface area (TPSA) is 52.6 Å². The van der Waals surface area contributed by atoms with Gasteiger partial charge in [0.1, 0.15) is 11.5 Å². The van der Waals surface area contributed by atoms with E-state index in [0.29, 0.717) is 24.3 Å². The molecule has 0 spiro atoms. The first-order valence-corrected chi connectivity index (χ1v) is 9.80. The predicted molar refractivity (Wildman–Crippen MR) is 112 cm³/mol. The average molecular weight is 388 g/mol. The third-order valence-corrected chi connectivity index (χ3v) is 4.54. The van der Waals surface area contributed by atoms with Gasteiger partial charge in [0.2, 0.25) is 0 Å². The molecule has 3 rings (SSSR count). The number of aryl methyl sites for hydroxylation is 1. The maximum atomic E-state index is 12.7. The molecule has 0 fully saturated rings. The first-order chi connectivity index (χ1) is 14.2. The summed E-state index contributed by atoms with van der Waals surface area (Å²) < 4.78 is 10.8. The number of para-hydroxylation sites is 2. The van der Waals surface area contributed by atoms with Crippen LogP contribution in [0.5, 0.6) is 11.5 Å². The lowest BCUT2D eigenvalue weighted by molar-refractivity contribution is -0.151. The van der Waals surface area contributed by atoms with Crippen LogP contribution in [0.15, 0.2) is 91.0 Å². The molecule has 0 aliphatic carbocycles. The highest BCUT2D eigenvalue weighted by atomic mass is 16.6. The lowest BCUT2D eigenvalue weighted by Gasteiger charge is -2.15. The molecule has 0 aromatic heterocycles. The summed E-state index contributed by atoms with van der Waals surface area (Å²) in [7, 11) is 0. The van der Waals surface area contributed by atoms with E-state index >= 15 is 0 Å². The first kappa shape index (κ1) is 20.3. The van der Waals surface area contributed by atoms with Gasteiger partial charge in [-0.25, -0.2) is 0 Å². The van der Waals surface area contributed by atoms with Crippen LogP contribution in [-0.4, -0.2) is 11.9 Å². The van der Waals surface area contributed by atoms with Crippen molar-refractivity contribution >= 4 is 11.9 Å². The Morgan fingerprint density at radius 2 is 1.07 bits per heavy atom. The number of esters is 2. The van der Waals surface area contributed by atoms with E-state index < -0.39 is 17.9 Å². The zero-order chi connectivity index (χ0) is 20.3. The molecule has 4 nitrogen and oxygen atoms in total. The normalized spacial score (nSPS) is 10.5. The zero-order valence-electron chi connectivity index (χ0n) is 16.2. The quantitative estimate of drug-likeness (QED) is 0.218. The lowest BCUT2D eigenvalue weighted by atomic mass is 9.99. The van der Waals surface area contributed by atoms with Gasteiger partial charge in [0, 0.05) is 0 Å². The van der Waals surface area contributed by atoms with Crippen molar-refractivity contribution in [1.82, 2.24) is 0 Å². The van der Waals surface area contributed by atoms with E-state index in [9.17, 15) is 9.59 Å². The van der Waals surface area contributed by atoms with E-state index in [1.165, 1.54) is 5.56 Å². The summed E-state index contributed by atoms with van der Waals surface area (Å²) in [5.41, 5.74) is 1.24. The Morgan fingerprint density at radius 3 is 1.55 bits per heavy atom. The standard InChI is InChI=1S/C25H24O4/c26-24(28-21-15-6-2-7-16-21)23(25(27)29-22-17-8-3-9-18-22)19-11-10-14-20-12-4-1-5-13-20/h1-9,12-13,15-18,23H,10-11,14,19H2. The van der Waals surface area contributed by atoms with Gasteiger partial charge in [-0.05, 0) is 49.1 Å². The fourth-order valence-corrected chi connectivity index (χ4v) is 3.01. The highest BCUT2D eigenvalue weighted by molar-refractivity contribution is 5.96. The van der Waals surface area contributed by atoms with Gasteiger partial charge < -0.3 is 9.47 Å². The number of hydrogen-bond donors (Lipinski definition) is 0. The molecule has 0 radical (unpaired) electrons. The summed E-state index contributed by atoms with van der Waals surface area (Å²) in [6.07, 6.45) is 2.87. The lowest BCUT2D eigenvalue weighted by Crippen LogP contribution is -2.31. The maximum Gasteiger partial charge on any atom is 0.325 e. The molecule has 0 atom stereocenters. The summed E-state index contributed by atoms with van der Waals surface area (Å²) in [6.45, 7) is 0. The van der Waals surface area contributed by atoms with Crippen molar-refractivity contribution in [2.75, 3.05) is 0 Å². The number of unbranched alkanes of at least 4 members (excludes halogenated alkanes) is 1. The molecule has 0 unspecified atom stereocenters. The molecule has 3 aromatic rings. The fraction of sp³-hybridized carbons (Fsp3) is 0.200. The summed E-state index contributed by atoms with van der Waals surface area (Å²) in [4.78, 5) is 25.4.